The van der Waals surface area contributed by atoms with E-state index < -0.39 is 7.25 Å². The van der Waals surface area contributed by atoms with E-state index in [0.717, 1.165) is 50.5 Å². The largest absolute Gasteiger partial charge is 0.673 e. The molecule has 4 aromatic rings. The molecule has 1 aliphatic rings. The van der Waals surface area contributed by atoms with E-state index in [9.17, 15) is 17.3 Å². The van der Waals surface area contributed by atoms with Gasteiger partial charge in [0.05, 0.1) is 0 Å². The van der Waals surface area contributed by atoms with Gasteiger partial charge in [-0.3, -0.25) is 0 Å². The predicted molar refractivity (Wildman–Crippen MR) is 214 cm³/mol. The molecule has 0 bridgehead atoms. The standard InChI is InChI=1S/C44H48ClN2.BF4/c1-5-46(6-2)42(38-26-22-36(23-27-38)34-16-11-9-12-17-34)32-30-40-20-15-21-41(44(40)45)31-33-43(47(7-3)8-4)39-28-24-37(25-29-39)35-18-13-10-14-19-35;2-1(3,4)5/h9-14,16-19,22-33H,5-8,15,20-21H2,1-4H3;/q+1;-1. The van der Waals surface area contributed by atoms with Gasteiger partial charge in [0.25, 0.3) is 0 Å². The first kappa shape index (κ1) is 40.2. The summed E-state index contributed by atoms with van der Waals surface area (Å²) in [5, 5.41) is 0.889. The van der Waals surface area contributed by atoms with Gasteiger partial charge in [-0.15, -0.1) is 0 Å². The Morgan fingerprint density at radius 1 is 0.673 bits per heavy atom. The maximum Gasteiger partial charge on any atom is 0.673 e. The van der Waals surface area contributed by atoms with E-state index in [4.69, 9.17) is 11.6 Å². The zero-order valence-electron chi connectivity index (χ0n) is 30.5. The van der Waals surface area contributed by atoms with Crippen molar-refractivity contribution in [2.75, 3.05) is 26.2 Å². The van der Waals surface area contributed by atoms with Gasteiger partial charge in [0.1, 0.15) is 13.1 Å². The van der Waals surface area contributed by atoms with Gasteiger partial charge < -0.3 is 22.2 Å². The molecule has 0 fully saturated rings. The van der Waals surface area contributed by atoms with Crippen LogP contribution in [0.15, 0.2) is 150 Å². The molecule has 0 unspecified atom stereocenters. The second-order valence-corrected chi connectivity index (χ2v) is 12.8. The quantitative estimate of drug-likeness (QED) is 0.0610. The molecular formula is C44H48BClF4N2. The molecule has 0 heterocycles. The first-order valence-corrected chi connectivity index (χ1v) is 18.5. The Morgan fingerprint density at radius 3 is 1.60 bits per heavy atom. The van der Waals surface area contributed by atoms with E-state index in [1.807, 2.05) is 0 Å². The van der Waals surface area contributed by atoms with Crippen molar-refractivity contribution in [1.29, 1.82) is 0 Å². The molecule has 5 rings (SSSR count). The highest BCUT2D eigenvalue weighted by molar-refractivity contribution is 6.50. The summed E-state index contributed by atoms with van der Waals surface area (Å²) in [6.07, 6.45) is 12.1. The molecule has 0 atom stereocenters. The molecule has 0 saturated carbocycles. The van der Waals surface area contributed by atoms with E-state index in [2.05, 4.69) is 171 Å². The van der Waals surface area contributed by atoms with E-state index in [1.54, 1.807) is 0 Å². The monoisotopic (exact) mass is 726 g/mol. The zero-order chi connectivity index (χ0) is 37.5. The van der Waals surface area contributed by atoms with Crippen LogP contribution >= 0.6 is 11.6 Å². The first-order chi connectivity index (χ1) is 25.1. The van der Waals surface area contributed by atoms with Crippen LogP contribution in [0.2, 0.25) is 0 Å². The summed E-state index contributed by atoms with van der Waals surface area (Å²) < 4.78 is 41.4. The van der Waals surface area contributed by atoms with Crippen molar-refractivity contribution in [2.45, 2.75) is 47.0 Å². The molecule has 0 aliphatic heterocycles. The lowest BCUT2D eigenvalue weighted by molar-refractivity contribution is -0.519. The Kier molecular flexibility index (Phi) is 15.3. The van der Waals surface area contributed by atoms with Gasteiger partial charge in [-0.1, -0.05) is 121 Å². The third-order valence-electron chi connectivity index (χ3n) is 9.12. The summed E-state index contributed by atoms with van der Waals surface area (Å²) >= 11 is 7.17. The van der Waals surface area contributed by atoms with Crippen LogP contribution < -0.4 is 0 Å². The van der Waals surface area contributed by atoms with Crippen LogP contribution in [0.3, 0.4) is 0 Å². The third-order valence-corrected chi connectivity index (χ3v) is 9.61. The molecular weight excluding hydrogens is 679 g/mol. The molecule has 52 heavy (non-hydrogen) atoms. The van der Waals surface area contributed by atoms with Crippen LogP contribution in [0.1, 0.15) is 58.1 Å². The molecule has 272 valence electrons. The van der Waals surface area contributed by atoms with Crippen molar-refractivity contribution in [2.24, 2.45) is 0 Å². The Bertz CT molecular complexity index is 1860. The smallest absolute Gasteiger partial charge is 0.418 e. The van der Waals surface area contributed by atoms with Crippen molar-refractivity contribution < 1.29 is 21.8 Å². The number of nitrogens with zero attached hydrogens (tertiary/aromatic N) is 2. The average molecular weight is 727 g/mol. The number of rotatable bonds is 12. The molecule has 0 N–H and O–H groups in total. The highest BCUT2D eigenvalue weighted by Gasteiger charge is 2.21. The lowest BCUT2D eigenvalue weighted by Gasteiger charge is -2.25. The van der Waals surface area contributed by atoms with Crippen molar-refractivity contribution >= 4 is 30.3 Å². The molecule has 0 amide bonds. The van der Waals surface area contributed by atoms with Crippen LogP contribution in [-0.4, -0.2) is 48.6 Å². The second-order valence-electron chi connectivity index (χ2n) is 12.4. The van der Waals surface area contributed by atoms with Gasteiger partial charge >= 0.3 is 7.25 Å². The first-order valence-electron chi connectivity index (χ1n) is 18.1. The number of hydrogen-bond acceptors (Lipinski definition) is 1. The zero-order valence-corrected chi connectivity index (χ0v) is 31.3. The van der Waals surface area contributed by atoms with Gasteiger partial charge in [0.15, 0.2) is 0 Å². The number of benzene rings is 4. The van der Waals surface area contributed by atoms with Crippen LogP contribution in [-0.2, 0) is 0 Å². The highest BCUT2D eigenvalue weighted by atomic mass is 35.5. The van der Waals surface area contributed by atoms with Gasteiger partial charge in [0.2, 0.25) is 5.71 Å². The van der Waals surface area contributed by atoms with Gasteiger partial charge in [-0.2, -0.15) is 0 Å². The van der Waals surface area contributed by atoms with Crippen LogP contribution in [0.5, 0.6) is 0 Å². The van der Waals surface area contributed by atoms with Crippen LogP contribution in [0.4, 0.5) is 17.3 Å². The highest BCUT2D eigenvalue weighted by Crippen LogP contribution is 2.34. The van der Waals surface area contributed by atoms with Gasteiger partial charge in [-0.05, 0) is 104 Å². The predicted octanol–water partition coefficient (Wildman–Crippen LogP) is 12.7. The second kappa shape index (κ2) is 19.8. The Morgan fingerprint density at radius 2 is 1.13 bits per heavy atom. The minimum atomic E-state index is -6.00. The van der Waals surface area contributed by atoms with Gasteiger partial charge in [0, 0.05) is 35.5 Å². The Hall–Kier alpha value is -4.62. The topological polar surface area (TPSA) is 6.25 Å². The fourth-order valence-corrected chi connectivity index (χ4v) is 6.71. The van der Waals surface area contributed by atoms with Crippen molar-refractivity contribution in [3.05, 3.63) is 161 Å². The molecule has 8 heteroatoms. The number of hydrogen-bond donors (Lipinski definition) is 0. The van der Waals surface area contributed by atoms with E-state index in [1.165, 1.54) is 55.9 Å². The number of allylic oxidation sites excluding steroid dienone is 7. The fraction of sp³-hybridized carbons (Fsp3) is 0.250. The molecule has 0 spiro atoms. The molecule has 0 radical (unpaired) electrons. The Labute approximate surface area is 312 Å². The minimum Gasteiger partial charge on any atom is -0.418 e. The fourth-order valence-electron chi connectivity index (χ4n) is 6.39. The molecule has 2 nitrogen and oxygen atoms in total. The summed E-state index contributed by atoms with van der Waals surface area (Å²) in [6.45, 7) is 12.7. The van der Waals surface area contributed by atoms with Gasteiger partial charge in [-0.25, -0.2) is 4.58 Å². The number of halogens is 5. The summed E-state index contributed by atoms with van der Waals surface area (Å²) in [5.74, 6) is 0. The van der Waals surface area contributed by atoms with E-state index in [0.29, 0.717) is 0 Å². The molecule has 1 aliphatic carbocycles. The van der Waals surface area contributed by atoms with Crippen molar-refractivity contribution in [3.63, 3.8) is 0 Å². The summed E-state index contributed by atoms with van der Waals surface area (Å²) in [7, 11) is -6.00. The third kappa shape index (κ3) is 11.7. The van der Waals surface area contributed by atoms with E-state index >= 15 is 0 Å². The molecule has 0 aromatic heterocycles. The lowest BCUT2D eigenvalue weighted by Crippen LogP contribution is -2.21. The summed E-state index contributed by atoms with van der Waals surface area (Å²) in [5.41, 5.74) is 12.2. The SMILES string of the molecule is CCN(CC)/C(=C/C=C1\CCCC(/C=C/C(c2ccc(-c3ccccc3)cc2)=[N+](CC)CC)=C1Cl)c1ccc(-c2ccccc2)cc1.F[B-](F)(F)F. The maximum atomic E-state index is 9.75. The minimum absolute atomic E-state index is 0.889. The van der Waals surface area contributed by atoms with Crippen molar-refractivity contribution in [3.8, 4) is 22.3 Å². The van der Waals surface area contributed by atoms with E-state index in [-0.39, 0.29) is 0 Å². The summed E-state index contributed by atoms with van der Waals surface area (Å²) in [4.78, 5) is 2.42. The molecule has 0 saturated heterocycles. The lowest BCUT2D eigenvalue weighted by atomic mass is 9.93. The maximum absolute atomic E-state index is 9.75. The molecule has 4 aromatic carbocycles. The normalized spacial score (nSPS) is 14.3. The van der Waals surface area contributed by atoms with Crippen molar-refractivity contribution in [1.82, 2.24) is 4.90 Å². The van der Waals surface area contributed by atoms with Crippen LogP contribution in [0, 0.1) is 0 Å². The van der Waals surface area contributed by atoms with Crippen LogP contribution in [0.25, 0.3) is 28.0 Å². The Balaban J connectivity index is 0.00000113. The average Bonchev–Trinajstić information content (AvgIpc) is 3.16. The summed E-state index contributed by atoms with van der Waals surface area (Å²) in [6, 6.07) is 39.0.